The van der Waals surface area contributed by atoms with Crippen LogP contribution < -0.4 is 5.32 Å². The minimum atomic E-state index is -0.805. The smallest absolute Gasteiger partial charge is 0.0895 e. The molecular formula is C13H22N2O. The molecule has 3 nitrogen and oxygen atoms in total. The molecule has 1 unspecified atom stereocenters. The van der Waals surface area contributed by atoms with E-state index in [2.05, 4.69) is 24.1 Å². The van der Waals surface area contributed by atoms with E-state index in [1.807, 2.05) is 19.9 Å². The highest BCUT2D eigenvalue weighted by Gasteiger charge is 2.22. The highest BCUT2D eigenvalue weighted by Crippen LogP contribution is 2.23. The van der Waals surface area contributed by atoms with Crippen molar-refractivity contribution in [3.63, 3.8) is 0 Å². The van der Waals surface area contributed by atoms with Crippen molar-refractivity contribution in [1.29, 1.82) is 0 Å². The molecule has 3 heteroatoms. The lowest BCUT2D eigenvalue weighted by Gasteiger charge is -2.24. The molecule has 0 aliphatic rings. The van der Waals surface area contributed by atoms with Crippen LogP contribution >= 0.6 is 0 Å². The van der Waals surface area contributed by atoms with Gasteiger partial charge in [0.25, 0.3) is 0 Å². The molecule has 90 valence electrons. The van der Waals surface area contributed by atoms with Gasteiger partial charge in [-0.3, -0.25) is 4.98 Å². The summed E-state index contributed by atoms with van der Waals surface area (Å²) in [6, 6.07) is 2.44. The second-order valence-corrected chi connectivity index (χ2v) is 4.88. The Labute approximate surface area is 97.9 Å². The number of hydrogen-bond donors (Lipinski definition) is 2. The molecule has 1 rings (SSSR count). The zero-order chi connectivity index (χ0) is 12.2. The maximum absolute atomic E-state index is 10.3. The summed E-state index contributed by atoms with van der Waals surface area (Å²) in [6.45, 7) is 8.83. The van der Waals surface area contributed by atoms with Crippen molar-refractivity contribution in [2.75, 3.05) is 6.54 Å². The average Bonchev–Trinajstić information content (AvgIpc) is 2.16. The van der Waals surface area contributed by atoms with Gasteiger partial charge in [-0.2, -0.15) is 0 Å². The van der Waals surface area contributed by atoms with Gasteiger partial charge in [-0.05, 0) is 32.4 Å². The molecule has 2 N–H and O–H groups in total. The third-order valence-electron chi connectivity index (χ3n) is 2.66. The molecule has 0 aliphatic carbocycles. The van der Waals surface area contributed by atoms with Crippen molar-refractivity contribution >= 4 is 0 Å². The lowest BCUT2D eigenvalue weighted by Crippen LogP contribution is -2.31. The number of nitrogens with zero attached hydrogens (tertiary/aromatic N) is 1. The van der Waals surface area contributed by atoms with Crippen molar-refractivity contribution < 1.29 is 5.11 Å². The Morgan fingerprint density at radius 1 is 1.44 bits per heavy atom. The second kappa shape index (κ2) is 5.41. The predicted molar refractivity (Wildman–Crippen MR) is 66.3 cm³/mol. The molecule has 0 saturated carbocycles. The summed E-state index contributed by atoms with van der Waals surface area (Å²) in [4.78, 5) is 4.11. The number of aryl methyl sites for hydroxylation is 1. The third kappa shape index (κ3) is 3.91. The molecule has 1 aromatic heterocycles. The summed E-state index contributed by atoms with van der Waals surface area (Å²) in [5.74, 6) is 0. The van der Waals surface area contributed by atoms with Crippen LogP contribution in [0.2, 0.25) is 0 Å². The van der Waals surface area contributed by atoms with Crippen LogP contribution in [0.1, 0.15) is 38.3 Å². The summed E-state index contributed by atoms with van der Waals surface area (Å²) in [7, 11) is 0. The highest BCUT2D eigenvalue weighted by molar-refractivity contribution is 5.22. The Kier molecular flexibility index (Phi) is 4.44. The fraction of sp³-hybridized carbons (Fsp3) is 0.615. The number of aromatic nitrogens is 1. The quantitative estimate of drug-likeness (QED) is 0.801. The Hall–Kier alpha value is -0.930. The van der Waals surface area contributed by atoms with Gasteiger partial charge in [0.15, 0.2) is 0 Å². The standard InChI is InChI=1S/C13H22N2O/c1-10(2)15-6-5-13(4,16)12-7-11(3)8-14-9-12/h7-10,15-16H,5-6H2,1-4H3. The fourth-order valence-corrected chi connectivity index (χ4v) is 1.60. The molecule has 1 heterocycles. The van der Waals surface area contributed by atoms with E-state index < -0.39 is 5.60 Å². The van der Waals surface area contributed by atoms with E-state index in [0.29, 0.717) is 12.5 Å². The van der Waals surface area contributed by atoms with Gasteiger partial charge in [-0.1, -0.05) is 19.9 Å². The van der Waals surface area contributed by atoms with E-state index >= 15 is 0 Å². The highest BCUT2D eigenvalue weighted by atomic mass is 16.3. The summed E-state index contributed by atoms with van der Waals surface area (Å²) >= 11 is 0. The van der Waals surface area contributed by atoms with Crippen molar-refractivity contribution in [2.24, 2.45) is 0 Å². The molecule has 16 heavy (non-hydrogen) atoms. The number of aliphatic hydroxyl groups is 1. The first-order valence-corrected chi connectivity index (χ1v) is 5.80. The average molecular weight is 222 g/mol. The summed E-state index contributed by atoms with van der Waals surface area (Å²) in [6.07, 6.45) is 4.23. The first-order chi connectivity index (χ1) is 7.42. The van der Waals surface area contributed by atoms with Crippen LogP contribution in [0.3, 0.4) is 0 Å². The molecule has 1 aromatic rings. The molecule has 1 atom stereocenters. The number of hydrogen-bond acceptors (Lipinski definition) is 3. The fourth-order valence-electron chi connectivity index (χ4n) is 1.60. The van der Waals surface area contributed by atoms with E-state index in [9.17, 15) is 5.11 Å². The number of rotatable bonds is 5. The van der Waals surface area contributed by atoms with Crippen LogP contribution in [0.25, 0.3) is 0 Å². The lowest BCUT2D eigenvalue weighted by atomic mass is 9.93. The first-order valence-electron chi connectivity index (χ1n) is 5.80. The predicted octanol–water partition coefficient (Wildman–Crippen LogP) is 1.99. The van der Waals surface area contributed by atoms with Gasteiger partial charge >= 0.3 is 0 Å². The monoisotopic (exact) mass is 222 g/mol. The Balaban J connectivity index is 2.62. The molecule has 0 saturated heterocycles. The lowest BCUT2D eigenvalue weighted by molar-refractivity contribution is 0.0471. The molecule has 0 radical (unpaired) electrons. The normalized spacial score (nSPS) is 15.1. The molecule has 0 spiro atoms. The Bertz CT molecular complexity index is 334. The van der Waals surface area contributed by atoms with E-state index in [1.54, 1.807) is 12.4 Å². The van der Waals surface area contributed by atoms with Crippen LogP contribution in [-0.4, -0.2) is 22.7 Å². The van der Waals surface area contributed by atoms with Gasteiger partial charge in [0.2, 0.25) is 0 Å². The SMILES string of the molecule is Cc1cncc(C(C)(O)CCNC(C)C)c1. The molecule has 0 aliphatic heterocycles. The van der Waals surface area contributed by atoms with Crippen molar-refractivity contribution in [3.8, 4) is 0 Å². The first kappa shape index (κ1) is 13.1. The topological polar surface area (TPSA) is 45.2 Å². The van der Waals surface area contributed by atoms with Crippen molar-refractivity contribution in [3.05, 3.63) is 29.6 Å². The largest absolute Gasteiger partial charge is 0.385 e. The Morgan fingerprint density at radius 3 is 2.69 bits per heavy atom. The summed E-state index contributed by atoms with van der Waals surface area (Å²) in [5, 5.41) is 13.6. The molecular weight excluding hydrogens is 200 g/mol. The minimum absolute atomic E-state index is 0.450. The van der Waals surface area contributed by atoms with Crippen LogP contribution in [0.4, 0.5) is 0 Å². The van der Waals surface area contributed by atoms with Crippen LogP contribution in [-0.2, 0) is 5.60 Å². The van der Waals surface area contributed by atoms with Crippen LogP contribution in [0, 0.1) is 6.92 Å². The summed E-state index contributed by atoms with van der Waals surface area (Å²) in [5.41, 5.74) is 1.16. The maximum atomic E-state index is 10.3. The van der Waals surface area contributed by atoms with Gasteiger partial charge in [-0.25, -0.2) is 0 Å². The minimum Gasteiger partial charge on any atom is -0.385 e. The van der Waals surface area contributed by atoms with Gasteiger partial charge < -0.3 is 10.4 Å². The second-order valence-electron chi connectivity index (χ2n) is 4.88. The molecule has 0 aromatic carbocycles. The van der Waals surface area contributed by atoms with Crippen molar-refractivity contribution in [1.82, 2.24) is 10.3 Å². The van der Waals surface area contributed by atoms with Crippen molar-refractivity contribution in [2.45, 2.75) is 45.8 Å². The maximum Gasteiger partial charge on any atom is 0.0895 e. The van der Waals surface area contributed by atoms with E-state index in [0.717, 1.165) is 17.7 Å². The molecule has 0 fully saturated rings. The van der Waals surface area contributed by atoms with Gasteiger partial charge in [-0.15, -0.1) is 0 Å². The number of pyridine rings is 1. The van der Waals surface area contributed by atoms with Gasteiger partial charge in [0.1, 0.15) is 0 Å². The van der Waals surface area contributed by atoms with E-state index in [-0.39, 0.29) is 0 Å². The van der Waals surface area contributed by atoms with E-state index in [4.69, 9.17) is 0 Å². The number of nitrogens with one attached hydrogen (secondary N) is 1. The van der Waals surface area contributed by atoms with E-state index in [1.165, 1.54) is 0 Å². The van der Waals surface area contributed by atoms with Gasteiger partial charge in [0, 0.05) is 24.0 Å². The van der Waals surface area contributed by atoms with Gasteiger partial charge in [0.05, 0.1) is 5.60 Å². The molecule has 0 amide bonds. The van der Waals surface area contributed by atoms with Crippen LogP contribution in [0.15, 0.2) is 18.5 Å². The Morgan fingerprint density at radius 2 is 2.12 bits per heavy atom. The zero-order valence-corrected chi connectivity index (χ0v) is 10.6. The van der Waals surface area contributed by atoms with Crippen LogP contribution in [0.5, 0.6) is 0 Å². The molecule has 0 bridgehead atoms. The summed E-state index contributed by atoms with van der Waals surface area (Å²) < 4.78 is 0. The zero-order valence-electron chi connectivity index (χ0n) is 10.6. The third-order valence-corrected chi connectivity index (χ3v) is 2.66.